The zero-order valence-electron chi connectivity index (χ0n) is 4.46. The molecule has 0 aromatic heterocycles. The van der Waals surface area contributed by atoms with Gasteiger partial charge in [-0.05, 0) is 6.08 Å². The standard InChI is InChI=1S/C5H4O4/c6-4-2-1-3(9-4)5(7)8/h1H,2H2,(H,7,8). The molecule has 0 aromatic rings. The van der Waals surface area contributed by atoms with Gasteiger partial charge in [0.2, 0.25) is 5.76 Å². The Bertz CT molecular complexity index is 191. The number of cyclic esters (lactones) is 1. The number of esters is 1. The van der Waals surface area contributed by atoms with Gasteiger partial charge >= 0.3 is 11.9 Å². The lowest BCUT2D eigenvalue weighted by atomic mass is 10.4. The lowest BCUT2D eigenvalue weighted by Gasteiger charge is -1.91. The Balaban J connectivity index is 2.65. The fraction of sp³-hybridized carbons (Fsp3) is 0.200. The van der Waals surface area contributed by atoms with E-state index < -0.39 is 11.9 Å². The number of hydrogen-bond acceptors (Lipinski definition) is 3. The lowest BCUT2D eigenvalue weighted by molar-refractivity contribution is -0.145. The molecule has 0 aromatic carbocycles. The molecule has 0 fully saturated rings. The van der Waals surface area contributed by atoms with E-state index in [1.54, 1.807) is 0 Å². The van der Waals surface area contributed by atoms with Crippen molar-refractivity contribution in [2.75, 3.05) is 0 Å². The van der Waals surface area contributed by atoms with Crippen LogP contribution in [-0.2, 0) is 14.3 Å². The number of carbonyl (C=O) groups is 2. The number of aliphatic carboxylic acids is 1. The first-order valence-electron chi connectivity index (χ1n) is 2.34. The van der Waals surface area contributed by atoms with Crippen LogP contribution in [0.15, 0.2) is 11.8 Å². The van der Waals surface area contributed by atoms with Crippen LogP contribution in [0, 0.1) is 0 Å². The Kier molecular flexibility index (Phi) is 1.22. The molecular weight excluding hydrogens is 124 g/mol. The van der Waals surface area contributed by atoms with E-state index in [4.69, 9.17) is 5.11 Å². The first kappa shape index (κ1) is 5.81. The molecule has 4 nitrogen and oxygen atoms in total. The summed E-state index contributed by atoms with van der Waals surface area (Å²) < 4.78 is 4.25. The van der Waals surface area contributed by atoms with Crippen LogP contribution in [-0.4, -0.2) is 17.0 Å². The average Bonchev–Trinajstić information content (AvgIpc) is 2.14. The minimum absolute atomic E-state index is 0.0711. The molecule has 0 aliphatic carbocycles. The summed E-state index contributed by atoms with van der Waals surface area (Å²) in [5.74, 6) is -1.96. The van der Waals surface area contributed by atoms with Crippen molar-refractivity contribution in [3.05, 3.63) is 11.8 Å². The Hall–Kier alpha value is -1.32. The van der Waals surface area contributed by atoms with E-state index in [-0.39, 0.29) is 12.2 Å². The molecule has 0 saturated heterocycles. The van der Waals surface area contributed by atoms with Crippen LogP contribution in [0.3, 0.4) is 0 Å². The normalized spacial score (nSPS) is 16.9. The van der Waals surface area contributed by atoms with Crippen LogP contribution in [0.2, 0.25) is 0 Å². The smallest absolute Gasteiger partial charge is 0.371 e. The molecule has 1 N–H and O–H groups in total. The number of carboxylic acids is 1. The fourth-order valence-corrected chi connectivity index (χ4v) is 0.513. The second-order valence-electron chi connectivity index (χ2n) is 1.55. The first-order valence-corrected chi connectivity index (χ1v) is 2.34. The van der Waals surface area contributed by atoms with Gasteiger partial charge in [0.25, 0.3) is 0 Å². The van der Waals surface area contributed by atoms with Crippen molar-refractivity contribution < 1.29 is 19.4 Å². The lowest BCUT2D eigenvalue weighted by Crippen LogP contribution is -2.02. The van der Waals surface area contributed by atoms with E-state index in [1.807, 2.05) is 0 Å². The summed E-state index contributed by atoms with van der Waals surface area (Å²) in [6.45, 7) is 0. The number of rotatable bonds is 1. The minimum atomic E-state index is -1.19. The maximum atomic E-state index is 10.2. The fourth-order valence-electron chi connectivity index (χ4n) is 0.513. The van der Waals surface area contributed by atoms with E-state index >= 15 is 0 Å². The van der Waals surface area contributed by atoms with Crippen molar-refractivity contribution in [2.45, 2.75) is 6.42 Å². The largest absolute Gasteiger partial charge is 0.475 e. The highest BCUT2D eigenvalue weighted by molar-refractivity contribution is 5.91. The molecule has 0 radical (unpaired) electrons. The van der Waals surface area contributed by atoms with Gasteiger partial charge in [-0.1, -0.05) is 0 Å². The quantitative estimate of drug-likeness (QED) is 0.501. The molecule has 0 bridgehead atoms. The van der Waals surface area contributed by atoms with E-state index in [2.05, 4.69) is 4.74 Å². The molecule has 9 heavy (non-hydrogen) atoms. The Morgan fingerprint density at radius 1 is 1.78 bits per heavy atom. The molecule has 0 unspecified atom stereocenters. The zero-order chi connectivity index (χ0) is 6.85. The highest BCUT2D eigenvalue weighted by Crippen LogP contribution is 2.09. The van der Waals surface area contributed by atoms with Gasteiger partial charge in [-0.15, -0.1) is 0 Å². The molecule has 48 valence electrons. The maximum absolute atomic E-state index is 10.2. The zero-order valence-corrected chi connectivity index (χ0v) is 4.46. The van der Waals surface area contributed by atoms with Crippen molar-refractivity contribution >= 4 is 11.9 Å². The maximum Gasteiger partial charge on any atom is 0.371 e. The predicted octanol–water partition coefficient (Wildman–Crippen LogP) is -0.0982. The van der Waals surface area contributed by atoms with Crippen LogP contribution in [0.5, 0.6) is 0 Å². The van der Waals surface area contributed by atoms with Crippen molar-refractivity contribution in [2.24, 2.45) is 0 Å². The van der Waals surface area contributed by atoms with E-state index in [1.165, 1.54) is 6.08 Å². The van der Waals surface area contributed by atoms with E-state index in [0.717, 1.165) is 0 Å². The van der Waals surface area contributed by atoms with Gasteiger partial charge in [0, 0.05) is 0 Å². The average molecular weight is 128 g/mol. The third-order valence-corrected chi connectivity index (χ3v) is 0.889. The van der Waals surface area contributed by atoms with Gasteiger partial charge in [-0.3, -0.25) is 4.79 Å². The summed E-state index contributed by atoms with van der Waals surface area (Å²) in [5, 5.41) is 8.19. The Morgan fingerprint density at radius 2 is 2.44 bits per heavy atom. The van der Waals surface area contributed by atoms with Crippen molar-refractivity contribution in [3.8, 4) is 0 Å². The van der Waals surface area contributed by atoms with Crippen LogP contribution in [0.1, 0.15) is 6.42 Å². The molecule has 1 aliphatic rings. The van der Waals surface area contributed by atoms with Gasteiger partial charge in [-0.2, -0.15) is 0 Å². The van der Waals surface area contributed by atoms with Gasteiger partial charge in [-0.25, -0.2) is 4.79 Å². The van der Waals surface area contributed by atoms with Crippen molar-refractivity contribution in [3.63, 3.8) is 0 Å². The van der Waals surface area contributed by atoms with Crippen LogP contribution < -0.4 is 0 Å². The molecule has 1 rings (SSSR count). The SMILES string of the molecule is O=C1CC=C(C(=O)O)O1. The third kappa shape index (κ3) is 1.07. The molecule has 1 heterocycles. The molecule has 0 saturated carbocycles. The van der Waals surface area contributed by atoms with Gasteiger partial charge in [0.05, 0.1) is 6.42 Å². The third-order valence-electron chi connectivity index (χ3n) is 0.889. The summed E-state index contributed by atoms with van der Waals surface area (Å²) >= 11 is 0. The predicted molar refractivity (Wildman–Crippen MR) is 26.4 cm³/mol. The first-order chi connectivity index (χ1) is 4.20. The van der Waals surface area contributed by atoms with Gasteiger partial charge in [0.15, 0.2) is 0 Å². The monoisotopic (exact) mass is 128 g/mol. The molecule has 0 amide bonds. The molecule has 1 aliphatic heterocycles. The minimum Gasteiger partial charge on any atom is -0.475 e. The summed E-state index contributed by atoms with van der Waals surface area (Å²) in [6.07, 6.45) is 1.31. The molecular formula is C5H4O4. The highest BCUT2D eigenvalue weighted by atomic mass is 16.6. The number of ether oxygens (including phenoxy) is 1. The Labute approximate surface area is 50.7 Å². The summed E-state index contributed by atoms with van der Waals surface area (Å²) in [4.78, 5) is 20.2. The van der Waals surface area contributed by atoms with Gasteiger partial charge in [0.1, 0.15) is 0 Å². The van der Waals surface area contributed by atoms with E-state index in [0.29, 0.717) is 0 Å². The summed E-state index contributed by atoms with van der Waals surface area (Å²) in [6, 6.07) is 0. The summed E-state index contributed by atoms with van der Waals surface area (Å²) in [5.41, 5.74) is 0. The van der Waals surface area contributed by atoms with Crippen molar-refractivity contribution in [1.29, 1.82) is 0 Å². The molecule has 0 atom stereocenters. The van der Waals surface area contributed by atoms with Crippen LogP contribution in [0.25, 0.3) is 0 Å². The van der Waals surface area contributed by atoms with Gasteiger partial charge < -0.3 is 9.84 Å². The second-order valence-corrected chi connectivity index (χ2v) is 1.55. The second kappa shape index (κ2) is 1.89. The summed E-state index contributed by atoms with van der Waals surface area (Å²) in [7, 11) is 0. The molecule has 0 spiro atoms. The van der Waals surface area contributed by atoms with Crippen LogP contribution in [0.4, 0.5) is 0 Å². The number of carboxylic acid groups (broad SMARTS) is 1. The molecule has 4 heteroatoms. The highest BCUT2D eigenvalue weighted by Gasteiger charge is 2.19. The number of hydrogen-bond donors (Lipinski definition) is 1. The van der Waals surface area contributed by atoms with Crippen molar-refractivity contribution in [1.82, 2.24) is 0 Å². The topological polar surface area (TPSA) is 63.6 Å². The Morgan fingerprint density at radius 3 is 2.67 bits per heavy atom. The number of carbonyl (C=O) groups excluding carboxylic acids is 1. The van der Waals surface area contributed by atoms with E-state index in [9.17, 15) is 9.59 Å². The van der Waals surface area contributed by atoms with Crippen LogP contribution >= 0.6 is 0 Å².